The highest BCUT2D eigenvalue weighted by Crippen LogP contribution is 2.36. The van der Waals surface area contributed by atoms with Crippen LogP contribution in [0.15, 0.2) is 71.5 Å². The van der Waals surface area contributed by atoms with Gasteiger partial charge < -0.3 is 24.4 Å². The highest BCUT2D eigenvalue weighted by Gasteiger charge is 2.19. The van der Waals surface area contributed by atoms with Crippen molar-refractivity contribution in [3.8, 4) is 23.0 Å². The van der Waals surface area contributed by atoms with E-state index in [0.29, 0.717) is 29.8 Å². The third-order valence-electron chi connectivity index (χ3n) is 6.41. The van der Waals surface area contributed by atoms with Crippen LogP contribution in [0, 0.1) is 5.92 Å². The number of aromatic nitrogens is 2. The molecule has 3 aromatic carbocycles. The van der Waals surface area contributed by atoms with Crippen LogP contribution in [0.1, 0.15) is 12.8 Å². The van der Waals surface area contributed by atoms with E-state index in [9.17, 15) is 0 Å². The van der Waals surface area contributed by atoms with Crippen molar-refractivity contribution in [2.45, 2.75) is 12.8 Å². The molecule has 0 aliphatic carbocycles. The summed E-state index contributed by atoms with van der Waals surface area (Å²) in [5.41, 5.74) is 1.68. The number of hydrogen-bond acceptors (Lipinski definition) is 7. The van der Waals surface area contributed by atoms with E-state index >= 15 is 0 Å². The average molecular weight is 549 g/mol. The van der Waals surface area contributed by atoms with E-state index < -0.39 is 0 Å². The van der Waals surface area contributed by atoms with E-state index in [1.807, 2.05) is 60.7 Å². The number of anilines is 2. The monoisotopic (exact) mass is 548 g/mol. The largest absolute Gasteiger partial charge is 0.493 e. The second-order valence-electron chi connectivity index (χ2n) is 8.98. The number of ether oxygens (including phenoxy) is 3. The molecule has 5 rings (SSSR count). The van der Waals surface area contributed by atoms with Crippen LogP contribution in [-0.4, -0.2) is 48.7 Å². The van der Waals surface area contributed by atoms with Crippen LogP contribution >= 0.6 is 15.9 Å². The summed E-state index contributed by atoms with van der Waals surface area (Å²) in [6, 6.07) is 19.4. The maximum atomic E-state index is 6.20. The van der Waals surface area contributed by atoms with E-state index in [1.54, 1.807) is 13.4 Å². The third-order valence-corrected chi connectivity index (χ3v) is 7.07. The van der Waals surface area contributed by atoms with Gasteiger partial charge in [0.05, 0.1) is 23.7 Å². The number of fused-ring (bicyclic) bond motifs is 1. The SMILES string of the molecule is COc1cc2c(Nc3ccc(Oc4ccccc4Br)cc3)ncnc2cc1OCC1CCN(C)CC1. The number of nitrogens with zero attached hydrogens (tertiary/aromatic N) is 3. The molecular formula is C28H29BrN4O3. The molecule has 1 saturated heterocycles. The van der Waals surface area contributed by atoms with Gasteiger partial charge in [-0.15, -0.1) is 0 Å². The standard InChI is InChI=1S/C28H29BrN4O3/c1-33-13-11-19(12-14-33)17-35-27-16-24-22(15-26(27)34-2)28(31-18-30-24)32-20-7-9-21(10-8-20)36-25-6-4-3-5-23(25)29/h3-10,15-16,18-19H,11-14,17H2,1-2H3,(H,30,31,32). The van der Waals surface area contributed by atoms with Crippen LogP contribution in [0.2, 0.25) is 0 Å². The Kier molecular flexibility index (Phi) is 7.53. The van der Waals surface area contributed by atoms with Gasteiger partial charge in [-0.1, -0.05) is 12.1 Å². The minimum atomic E-state index is 0.555. The average Bonchev–Trinajstić information content (AvgIpc) is 2.90. The first-order chi connectivity index (χ1) is 17.6. The van der Waals surface area contributed by atoms with Crippen molar-refractivity contribution in [1.82, 2.24) is 14.9 Å². The summed E-state index contributed by atoms with van der Waals surface area (Å²) < 4.78 is 18.7. The molecule has 0 bridgehead atoms. The van der Waals surface area contributed by atoms with Gasteiger partial charge in [0.25, 0.3) is 0 Å². The second-order valence-corrected chi connectivity index (χ2v) is 9.84. The summed E-state index contributed by atoms with van der Waals surface area (Å²) in [6.45, 7) is 2.91. The van der Waals surface area contributed by atoms with Crippen molar-refractivity contribution in [1.29, 1.82) is 0 Å². The lowest BCUT2D eigenvalue weighted by molar-refractivity contribution is 0.157. The van der Waals surface area contributed by atoms with Crippen molar-refractivity contribution >= 4 is 38.3 Å². The van der Waals surface area contributed by atoms with Gasteiger partial charge in [0, 0.05) is 17.1 Å². The predicted molar refractivity (Wildman–Crippen MR) is 146 cm³/mol. The zero-order chi connectivity index (χ0) is 24.9. The van der Waals surface area contributed by atoms with Crippen molar-refractivity contribution in [2.24, 2.45) is 5.92 Å². The van der Waals surface area contributed by atoms with Gasteiger partial charge in [0.1, 0.15) is 23.6 Å². The zero-order valence-corrected chi connectivity index (χ0v) is 22.0. The van der Waals surface area contributed by atoms with Crippen LogP contribution in [0.4, 0.5) is 11.5 Å². The van der Waals surface area contributed by atoms with E-state index in [4.69, 9.17) is 14.2 Å². The fraction of sp³-hybridized carbons (Fsp3) is 0.286. The van der Waals surface area contributed by atoms with Gasteiger partial charge >= 0.3 is 0 Å². The molecule has 0 radical (unpaired) electrons. The van der Waals surface area contributed by atoms with Crippen molar-refractivity contribution < 1.29 is 14.2 Å². The Labute approximate surface area is 219 Å². The number of halogens is 1. The molecule has 1 aromatic heterocycles. The molecule has 1 aliphatic rings. The first kappa shape index (κ1) is 24.3. The predicted octanol–water partition coefficient (Wildman–Crippen LogP) is 6.66. The summed E-state index contributed by atoms with van der Waals surface area (Å²) in [4.78, 5) is 11.3. The second kappa shape index (κ2) is 11.1. The number of likely N-dealkylation sites (tertiary alicyclic amines) is 1. The normalized spacial score (nSPS) is 14.5. The number of piperidine rings is 1. The Morgan fingerprint density at radius 2 is 1.75 bits per heavy atom. The van der Waals surface area contributed by atoms with Crippen LogP contribution < -0.4 is 19.5 Å². The molecule has 1 fully saturated rings. The van der Waals surface area contributed by atoms with Crippen molar-refractivity contribution in [3.05, 3.63) is 71.5 Å². The molecule has 36 heavy (non-hydrogen) atoms. The lowest BCUT2D eigenvalue weighted by Crippen LogP contribution is -2.32. The van der Waals surface area contributed by atoms with Crippen molar-refractivity contribution in [2.75, 3.05) is 39.2 Å². The summed E-state index contributed by atoms with van der Waals surface area (Å²) in [6.07, 6.45) is 3.85. The molecule has 7 nitrogen and oxygen atoms in total. The molecule has 1 N–H and O–H groups in total. The number of hydrogen-bond donors (Lipinski definition) is 1. The van der Waals surface area contributed by atoms with Crippen LogP contribution in [0.5, 0.6) is 23.0 Å². The number of methoxy groups -OCH3 is 1. The summed E-state index contributed by atoms with van der Waals surface area (Å²) >= 11 is 3.51. The lowest BCUT2D eigenvalue weighted by atomic mass is 9.98. The summed E-state index contributed by atoms with van der Waals surface area (Å²) in [5.74, 6) is 4.14. The maximum Gasteiger partial charge on any atom is 0.163 e. The van der Waals surface area contributed by atoms with Gasteiger partial charge in [-0.2, -0.15) is 0 Å². The van der Waals surface area contributed by atoms with Gasteiger partial charge in [-0.25, -0.2) is 9.97 Å². The number of nitrogens with one attached hydrogen (secondary N) is 1. The Balaban J connectivity index is 1.31. The summed E-state index contributed by atoms with van der Waals surface area (Å²) in [5, 5.41) is 4.25. The quantitative estimate of drug-likeness (QED) is 0.264. The smallest absolute Gasteiger partial charge is 0.163 e. The fourth-order valence-corrected chi connectivity index (χ4v) is 4.64. The molecule has 4 aromatic rings. The third kappa shape index (κ3) is 5.71. The topological polar surface area (TPSA) is 68.7 Å². The Morgan fingerprint density at radius 1 is 0.972 bits per heavy atom. The zero-order valence-electron chi connectivity index (χ0n) is 20.4. The van der Waals surface area contributed by atoms with Gasteiger partial charge in [-0.3, -0.25) is 0 Å². The first-order valence-electron chi connectivity index (χ1n) is 12.0. The number of rotatable bonds is 8. The van der Waals surface area contributed by atoms with Gasteiger partial charge in [0.2, 0.25) is 0 Å². The molecule has 0 amide bonds. The molecular weight excluding hydrogens is 520 g/mol. The van der Waals surface area contributed by atoms with Crippen LogP contribution in [0.3, 0.4) is 0 Å². The maximum absolute atomic E-state index is 6.20. The molecule has 186 valence electrons. The number of para-hydroxylation sites is 1. The Hall–Kier alpha value is -3.36. The van der Waals surface area contributed by atoms with Gasteiger partial charge in [0.15, 0.2) is 11.5 Å². The minimum Gasteiger partial charge on any atom is -0.493 e. The number of benzene rings is 3. The highest BCUT2D eigenvalue weighted by molar-refractivity contribution is 9.10. The minimum absolute atomic E-state index is 0.555. The molecule has 0 atom stereocenters. The Morgan fingerprint density at radius 3 is 2.50 bits per heavy atom. The summed E-state index contributed by atoms with van der Waals surface area (Å²) in [7, 11) is 3.82. The molecule has 0 spiro atoms. The van der Waals surface area contributed by atoms with E-state index in [1.165, 1.54) is 0 Å². The fourth-order valence-electron chi connectivity index (χ4n) is 4.27. The molecule has 0 saturated carbocycles. The van der Waals surface area contributed by atoms with E-state index in [0.717, 1.165) is 58.5 Å². The van der Waals surface area contributed by atoms with Gasteiger partial charge in [-0.05, 0) is 97.3 Å². The van der Waals surface area contributed by atoms with Crippen molar-refractivity contribution in [3.63, 3.8) is 0 Å². The molecule has 0 unspecified atom stereocenters. The van der Waals surface area contributed by atoms with E-state index in [2.05, 4.69) is 43.2 Å². The molecule has 2 heterocycles. The van der Waals surface area contributed by atoms with Crippen LogP contribution in [-0.2, 0) is 0 Å². The molecule has 8 heteroatoms. The Bertz CT molecular complexity index is 1320. The molecule has 1 aliphatic heterocycles. The lowest BCUT2D eigenvalue weighted by Gasteiger charge is -2.28. The highest BCUT2D eigenvalue weighted by atomic mass is 79.9. The van der Waals surface area contributed by atoms with Crippen LogP contribution in [0.25, 0.3) is 10.9 Å². The first-order valence-corrected chi connectivity index (χ1v) is 12.8. The van der Waals surface area contributed by atoms with E-state index in [-0.39, 0.29) is 0 Å².